The fourth-order valence-electron chi connectivity index (χ4n) is 2.03. The van der Waals surface area contributed by atoms with Crippen molar-refractivity contribution in [2.24, 2.45) is 0 Å². The van der Waals surface area contributed by atoms with Crippen molar-refractivity contribution < 1.29 is 14.6 Å². The highest BCUT2D eigenvalue weighted by Gasteiger charge is 2.12. The second-order valence-electron chi connectivity index (χ2n) is 5.66. The summed E-state index contributed by atoms with van der Waals surface area (Å²) in [6, 6.07) is 12.6. The molecule has 0 radical (unpaired) electrons. The highest BCUT2D eigenvalue weighted by Crippen LogP contribution is 2.13. The fraction of sp³-hybridized carbons (Fsp3) is 0.333. The molecular formula is C18H22N2O3. The van der Waals surface area contributed by atoms with Crippen LogP contribution in [0.15, 0.2) is 42.5 Å². The summed E-state index contributed by atoms with van der Waals surface area (Å²) in [4.78, 5) is 16.3. The van der Waals surface area contributed by atoms with Crippen molar-refractivity contribution in [1.82, 2.24) is 10.3 Å². The Balaban J connectivity index is 1.95. The van der Waals surface area contributed by atoms with Crippen LogP contribution in [0.1, 0.15) is 41.6 Å². The predicted molar refractivity (Wildman–Crippen MR) is 88.5 cm³/mol. The Morgan fingerprint density at radius 2 is 1.91 bits per heavy atom. The number of aliphatic hydroxyl groups is 1. The van der Waals surface area contributed by atoms with Gasteiger partial charge in [0.15, 0.2) is 0 Å². The lowest BCUT2D eigenvalue weighted by molar-refractivity contribution is 0.0909. The molecule has 0 saturated heterocycles. The van der Waals surface area contributed by atoms with Gasteiger partial charge in [-0.15, -0.1) is 0 Å². The lowest BCUT2D eigenvalue weighted by Crippen LogP contribution is -2.29. The van der Waals surface area contributed by atoms with Crippen LogP contribution < -0.4 is 10.1 Å². The Morgan fingerprint density at radius 3 is 2.57 bits per heavy atom. The average molecular weight is 314 g/mol. The monoisotopic (exact) mass is 314 g/mol. The number of amides is 1. The molecule has 122 valence electrons. The summed E-state index contributed by atoms with van der Waals surface area (Å²) in [5.74, 6) is 0.0668. The number of aryl methyl sites for hydroxylation is 1. The molecule has 2 aromatic rings. The number of pyridine rings is 1. The van der Waals surface area contributed by atoms with Gasteiger partial charge in [0.1, 0.15) is 5.69 Å². The normalized spacial score (nSPS) is 12.0. The van der Waals surface area contributed by atoms with E-state index in [9.17, 15) is 9.90 Å². The Hall–Kier alpha value is -2.40. The zero-order valence-electron chi connectivity index (χ0n) is 13.6. The van der Waals surface area contributed by atoms with Crippen molar-refractivity contribution in [1.29, 1.82) is 0 Å². The van der Waals surface area contributed by atoms with Crippen LogP contribution in [0.3, 0.4) is 0 Å². The van der Waals surface area contributed by atoms with Gasteiger partial charge in [-0.05, 0) is 32.4 Å². The van der Waals surface area contributed by atoms with Crippen LogP contribution in [0, 0.1) is 6.92 Å². The lowest BCUT2D eigenvalue weighted by Gasteiger charge is -2.13. The number of carbonyl (C=O) groups excluding carboxylic acids is 1. The Labute approximate surface area is 136 Å². The fourth-order valence-corrected chi connectivity index (χ4v) is 2.03. The molecule has 0 aliphatic carbocycles. The molecule has 1 unspecified atom stereocenters. The van der Waals surface area contributed by atoms with Gasteiger partial charge >= 0.3 is 0 Å². The minimum absolute atomic E-state index is 0.0100. The molecule has 2 rings (SSSR count). The largest absolute Gasteiger partial charge is 0.475 e. The molecule has 0 spiro atoms. The number of rotatable bonds is 6. The Kier molecular flexibility index (Phi) is 5.71. The van der Waals surface area contributed by atoms with Crippen molar-refractivity contribution in [3.8, 4) is 5.88 Å². The van der Waals surface area contributed by atoms with Gasteiger partial charge < -0.3 is 15.2 Å². The van der Waals surface area contributed by atoms with Gasteiger partial charge in [0.25, 0.3) is 5.91 Å². The van der Waals surface area contributed by atoms with E-state index in [0.717, 1.165) is 11.1 Å². The number of hydrogen-bond donors (Lipinski definition) is 2. The minimum atomic E-state index is -0.755. The zero-order valence-corrected chi connectivity index (χ0v) is 13.6. The quantitative estimate of drug-likeness (QED) is 0.860. The van der Waals surface area contributed by atoms with Gasteiger partial charge in [0.2, 0.25) is 5.88 Å². The standard InChI is InChI=1S/C18H22N2O3/c1-12(2)23-17-6-4-5-15(20-17)18(22)19-11-16(21)14-9-7-13(3)8-10-14/h4-10,12,16,21H,11H2,1-3H3,(H,19,22). The zero-order chi connectivity index (χ0) is 16.8. The first-order valence-electron chi connectivity index (χ1n) is 7.62. The molecule has 1 amide bonds. The second-order valence-corrected chi connectivity index (χ2v) is 5.66. The first-order chi connectivity index (χ1) is 11.0. The van der Waals surface area contributed by atoms with Crippen LogP contribution in [0.5, 0.6) is 5.88 Å². The number of hydrogen-bond acceptors (Lipinski definition) is 4. The van der Waals surface area contributed by atoms with Crippen molar-refractivity contribution in [3.05, 3.63) is 59.3 Å². The molecule has 0 saturated carbocycles. The van der Waals surface area contributed by atoms with Crippen molar-refractivity contribution >= 4 is 5.91 Å². The number of aliphatic hydroxyl groups excluding tert-OH is 1. The summed E-state index contributed by atoms with van der Waals surface area (Å²) < 4.78 is 5.47. The van der Waals surface area contributed by atoms with E-state index in [1.807, 2.05) is 45.0 Å². The number of aromatic nitrogens is 1. The van der Waals surface area contributed by atoms with Gasteiger partial charge in [0, 0.05) is 12.6 Å². The van der Waals surface area contributed by atoms with Gasteiger partial charge in [-0.25, -0.2) is 4.98 Å². The molecule has 1 atom stereocenters. The first kappa shape index (κ1) is 17.0. The summed E-state index contributed by atoms with van der Waals surface area (Å²) in [5.41, 5.74) is 2.15. The van der Waals surface area contributed by atoms with Crippen molar-refractivity contribution in [3.63, 3.8) is 0 Å². The summed E-state index contributed by atoms with van der Waals surface area (Å²) in [6.45, 7) is 5.90. The third-order valence-corrected chi connectivity index (χ3v) is 3.23. The summed E-state index contributed by atoms with van der Waals surface area (Å²) in [5, 5.41) is 12.8. The maximum absolute atomic E-state index is 12.1. The molecule has 1 aromatic carbocycles. The highest BCUT2D eigenvalue weighted by molar-refractivity contribution is 5.92. The van der Waals surface area contributed by atoms with E-state index in [2.05, 4.69) is 10.3 Å². The van der Waals surface area contributed by atoms with Crippen LogP contribution >= 0.6 is 0 Å². The number of ether oxygens (including phenoxy) is 1. The Bertz CT molecular complexity index is 654. The van der Waals surface area contributed by atoms with Gasteiger partial charge in [-0.3, -0.25) is 4.79 Å². The predicted octanol–water partition coefficient (Wildman–Crippen LogP) is 2.64. The molecule has 1 heterocycles. The molecule has 0 aliphatic rings. The number of carbonyl (C=O) groups is 1. The summed E-state index contributed by atoms with van der Waals surface area (Å²) >= 11 is 0. The molecule has 23 heavy (non-hydrogen) atoms. The van der Waals surface area contributed by atoms with Crippen LogP contribution in [0.25, 0.3) is 0 Å². The van der Waals surface area contributed by atoms with E-state index in [-0.39, 0.29) is 24.2 Å². The number of nitrogens with zero attached hydrogens (tertiary/aromatic N) is 1. The highest BCUT2D eigenvalue weighted by atomic mass is 16.5. The van der Waals surface area contributed by atoms with Crippen molar-refractivity contribution in [2.75, 3.05) is 6.54 Å². The molecule has 2 N–H and O–H groups in total. The SMILES string of the molecule is Cc1ccc(C(O)CNC(=O)c2cccc(OC(C)C)n2)cc1. The third kappa shape index (κ3) is 5.07. The second kappa shape index (κ2) is 7.74. The van der Waals surface area contributed by atoms with E-state index in [0.29, 0.717) is 5.88 Å². The minimum Gasteiger partial charge on any atom is -0.475 e. The van der Waals surface area contributed by atoms with E-state index >= 15 is 0 Å². The molecule has 0 aliphatic heterocycles. The third-order valence-electron chi connectivity index (χ3n) is 3.23. The lowest BCUT2D eigenvalue weighted by atomic mass is 10.1. The Morgan fingerprint density at radius 1 is 1.22 bits per heavy atom. The van der Waals surface area contributed by atoms with Crippen molar-refractivity contribution in [2.45, 2.75) is 33.0 Å². The molecular weight excluding hydrogens is 292 g/mol. The number of benzene rings is 1. The van der Waals surface area contributed by atoms with Crippen LogP contribution in [-0.4, -0.2) is 28.6 Å². The maximum Gasteiger partial charge on any atom is 0.270 e. The smallest absolute Gasteiger partial charge is 0.270 e. The van der Waals surface area contributed by atoms with Crippen LogP contribution in [0.2, 0.25) is 0 Å². The van der Waals surface area contributed by atoms with E-state index in [4.69, 9.17) is 4.74 Å². The summed E-state index contributed by atoms with van der Waals surface area (Å²) in [6.07, 6.45) is -0.765. The molecule has 5 nitrogen and oxygen atoms in total. The molecule has 0 bridgehead atoms. The van der Waals surface area contributed by atoms with Gasteiger partial charge in [-0.1, -0.05) is 35.9 Å². The first-order valence-corrected chi connectivity index (χ1v) is 7.62. The molecule has 0 fully saturated rings. The maximum atomic E-state index is 12.1. The average Bonchev–Trinajstić information content (AvgIpc) is 2.52. The summed E-state index contributed by atoms with van der Waals surface area (Å²) in [7, 11) is 0. The van der Waals surface area contributed by atoms with E-state index in [1.165, 1.54) is 0 Å². The molecule has 5 heteroatoms. The van der Waals surface area contributed by atoms with E-state index in [1.54, 1.807) is 18.2 Å². The topological polar surface area (TPSA) is 71.5 Å². The van der Waals surface area contributed by atoms with Crippen LogP contribution in [-0.2, 0) is 0 Å². The van der Waals surface area contributed by atoms with Crippen LogP contribution in [0.4, 0.5) is 0 Å². The van der Waals surface area contributed by atoms with Gasteiger partial charge in [0.05, 0.1) is 12.2 Å². The van der Waals surface area contributed by atoms with Gasteiger partial charge in [-0.2, -0.15) is 0 Å². The molecule has 1 aromatic heterocycles. The number of nitrogens with one attached hydrogen (secondary N) is 1. The van der Waals surface area contributed by atoms with E-state index < -0.39 is 6.10 Å².